The van der Waals surface area contributed by atoms with E-state index in [9.17, 15) is 0 Å². The predicted octanol–water partition coefficient (Wildman–Crippen LogP) is 1.49. The Labute approximate surface area is 91.8 Å². The highest BCUT2D eigenvalue weighted by molar-refractivity contribution is 4.93. The second-order valence-electron chi connectivity index (χ2n) is 4.47. The van der Waals surface area contributed by atoms with Crippen molar-refractivity contribution in [1.29, 1.82) is 0 Å². The Morgan fingerprint density at radius 3 is 3.00 bits per heavy atom. The minimum atomic E-state index is 0.131. The van der Waals surface area contributed by atoms with E-state index < -0.39 is 0 Å². The number of rotatable bonds is 3. The van der Waals surface area contributed by atoms with Crippen molar-refractivity contribution in [3.8, 4) is 0 Å². The van der Waals surface area contributed by atoms with Gasteiger partial charge in [-0.05, 0) is 32.9 Å². The van der Waals surface area contributed by atoms with Crippen molar-refractivity contribution < 1.29 is 9.47 Å². The minimum Gasteiger partial charge on any atom is -0.372 e. The topological polar surface area (TPSA) is 30.5 Å². The Balaban J connectivity index is 1.77. The van der Waals surface area contributed by atoms with Gasteiger partial charge in [-0.2, -0.15) is 0 Å². The molecule has 0 saturated carbocycles. The molecule has 86 valence electrons. The lowest BCUT2D eigenvalue weighted by Crippen LogP contribution is -2.41. The zero-order valence-electron chi connectivity index (χ0n) is 9.50. The molecule has 2 heterocycles. The van der Waals surface area contributed by atoms with Crippen LogP contribution in [0.1, 0.15) is 26.2 Å². The van der Waals surface area contributed by atoms with Crippen LogP contribution in [0.25, 0.3) is 0 Å². The molecule has 0 radical (unpaired) electrons. The summed E-state index contributed by atoms with van der Waals surface area (Å²) in [6.07, 6.45) is 7.72. The van der Waals surface area contributed by atoms with Crippen LogP contribution in [0, 0.1) is 0 Å². The monoisotopic (exact) mass is 211 g/mol. The fourth-order valence-corrected chi connectivity index (χ4v) is 2.43. The quantitative estimate of drug-likeness (QED) is 0.717. The number of hydrogen-bond acceptors (Lipinski definition) is 3. The van der Waals surface area contributed by atoms with E-state index in [0.717, 1.165) is 45.6 Å². The molecule has 1 spiro atoms. The molecule has 15 heavy (non-hydrogen) atoms. The highest BCUT2D eigenvalue weighted by Crippen LogP contribution is 2.34. The number of hydrogen-bond donors (Lipinski definition) is 1. The van der Waals surface area contributed by atoms with Gasteiger partial charge in [0.1, 0.15) is 0 Å². The first-order valence-corrected chi connectivity index (χ1v) is 5.92. The molecular formula is C12H21NO2. The van der Waals surface area contributed by atoms with Crippen LogP contribution in [0.15, 0.2) is 12.2 Å². The molecule has 1 N–H and O–H groups in total. The summed E-state index contributed by atoms with van der Waals surface area (Å²) in [5.74, 6) is 0. The summed E-state index contributed by atoms with van der Waals surface area (Å²) in [7, 11) is 0. The highest BCUT2D eigenvalue weighted by Gasteiger charge is 2.41. The molecule has 2 saturated heterocycles. The van der Waals surface area contributed by atoms with Crippen LogP contribution in [-0.4, -0.2) is 38.0 Å². The van der Waals surface area contributed by atoms with Crippen LogP contribution >= 0.6 is 0 Å². The van der Waals surface area contributed by atoms with Crippen molar-refractivity contribution in [3.05, 3.63) is 12.2 Å². The molecule has 2 aliphatic heterocycles. The Bertz CT molecular complexity index is 222. The third-order valence-electron chi connectivity index (χ3n) is 3.35. The number of allylic oxidation sites excluding steroid dienone is 1. The van der Waals surface area contributed by atoms with Crippen molar-refractivity contribution in [3.63, 3.8) is 0 Å². The van der Waals surface area contributed by atoms with Crippen molar-refractivity contribution in [1.82, 2.24) is 5.32 Å². The summed E-state index contributed by atoms with van der Waals surface area (Å²) in [6, 6.07) is 0. The Morgan fingerprint density at radius 1 is 1.47 bits per heavy atom. The zero-order chi connectivity index (χ0) is 10.6. The minimum absolute atomic E-state index is 0.131. The Hall–Kier alpha value is -0.380. The number of piperidine rings is 1. The fraction of sp³-hybridized carbons (Fsp3) is 0.833. The molecule has 3 nitrogen and oxygen atoms in total. The standard InChI is InChI=1S/C12H21NO2/c1-2-3-8-14-11-9-12(15-10-11)4-6-13-7-5-12/h2-3,11,13H,4-10H2,1H3/b3-2+. The van der Waals surface area contributed by atoms with Crippen molar-refractivity contribution in [2.45, 2.75) is 37.9 Å². The summed E-state index contributed by atoms with van der Waals surface area (Å²) in [4.78, 5) is 0. The second kappa shape index (κ2) is 5.10. The lowest BCUT2D eigenvalue weighted by atomic mass is 9.89. The van der Waals surface area contributed by atoms with Crippen LogP contribution in [0.5, 0.6) is 0 Å². The van der Waals surface area contributed by atoms with Crippen molar-refractivity contribution in [2.24, 2.45) is 0 Å². The number of nitrogens with one attached hydrogen (secondary N) is 1. The fourth-order valence-electron chi connectivity index (χ4n) is 2.43. The molecule has 0 bridgehead atoms. The smallest absolute Gasteiger partial charge is 0.0840 e. The maximum Gasteiger partial charge on any atom is 0.0840 e. The van der Waals surface area contributed by atoms with Gasteiger partial charge in [0.25, 0.3) is 0 Å². The number of ether oxygens (including phenoxy) is 2. The van der Waals surface area contributed by atoms with E-state index in [2.05, 4.69) is 5.32 Å². The van der Waals surface area contributed by atoms with Gasteiger partial charge in [-0.3, -0.25) is 0 Å². The van der Waals surface area contributed by atoms with E-state index in [1.807, 2.05) is 19.1 Å². The molecule has 2 fully saturated rings. The lowest BCUT2D eigenvalue weighted by Gasteiger charge is -2.32. The van der Waals surface area contributed by atoms with Gasteiger partial charge in [0.15, 0.2) is 0 Å². The first-order valence-electron chi connectivity index (χ1n) is 5.92. The normalized spacial score (nSPS) is 30.3. The second-order valence-corrected chi connectivity index (χ2v) is 4.47. The van der Waals surface area contributed by atoms with Gasteiger partial charge in [0, 0.05) is 6.42 Å². The molecule has 0 aromatic rings. The van der Waals surface area contributed by atoms with Crippen LogP contribution in [0.2, 0.25) is 0 Å². The Kier molecular flexibility index (Phi) is 3.78. The van der Waals surface area contributed by atoms with E-state index in [4.69, 9.17) is 9.47 Å². The predicted molar refractivity (Wildman–Crippen MR) is 60.0 cm³/mol. The average Bonchev–Trinajstić information content (AvgIpc) is 2.63. The van der Waals surface area contributed by atoms with E-state index in [0.29, 0.717) is 6.10 Å². The maximum atomic E-state index is 5.94. The van der Waals surface area contributed by atoms with Gasteiger partial charge in [0.05, 0.1) is 24.9 Å². The molecule has 1 atom stereocenters. The van der Waals surface area contributed by atoms with Crippen LogP contribution in [-0.2, 0) is 9.47 Å². The molecule has 0 aromatic heterocycles. The van der Waals surface area contributed by atoms with Crippen LogP contribution in [0.3, 0.4) is 0 Å². The van der Waals surface area contributed by atoms with E-state index in [1.54, 1.807) is 0 Å². The van der Waals surface area contributed by atoms with E-state index in [-0.39, 0.29) is 5.60 Å². The first-order chi connectivity index (χ1) is 7.35. The maximum absolute atomic E-state index is 5.94. The van der Waals surface area contributed by atoms with Gasteiger partial charge in [-0.25, -0.2) is 0 Å². The summed E-state index contributed by atoms with van der Waals surface area (Å²) in [5, 5.41) is 3.37. The molecule has 0 aliphatic carbocycles. The van der Waals surface area contributed by atoms with Gasteiger partial charge >= 0.3 is 0 Å². The SMILES string of the molecule is C/C=C/COC1COC2(CCNCC2)C1. The van der Waals surface area contributed by atoms with Crippen molar-refractivity contribution in [2.75, 3.05) is 26.3 Å². The third-order valence-corrected chi connectivity index (χ3v) is 3.35. The molecule has 0 aromatic carbocycles. The average molecular weight is 211 g/mol. The summed E-state index contributed by atoms with van der Waals surface area (Å²) < 4.78 is 11.7. The first kappa shape index (κ1) is 11.1. The van der Waals surface area contributed by atoms with Crippen LogP contribution < -0.4 is 5.32 Å². The van der Waals surface area contributed by atoms with E-state index >= 15 is 0 Å². The highest BCUT2D eigenvalue weighted by atomic mass is 16.6. The Morgan fingerprint density at radius 2 is 2.27 bits per heavy atom. The van der Waals surface area contributed by atoms with E-state index in [1.165, 1.54) is 0 Å². The van der Waals surface area contributed by atoms with Gasteiger partial charge in [-0.1, -0.05) is 12.2 Å². The molecule has 0 amide bonds. The lowest BCUT2D eigenvalue weighted by molar-refractivity contribution is -0.0225. The zero-order valence-corrected chi connectivity index (χ0v) is 9.50. The third kappa shape index (κ3) is 2.80. The largest absolute Gasteiger partial charge is 0.372 e. The molecule has 1 unspecified atom stereocenters. The van der Waals surface area contributed by atoms with Crippen LogP contribution in [0.4, 0.5) is 0 Å². The van der Waals surface area contributed by atoms with Gasteiger partial charge in [0.2, 0.25) is 0 Å². The van der Waals surface area contributed by atoms with Crippen molar-refractivity contribution >= 4 is 0 Å². The van der Waals surface area contributed by atoms with Gasteiger partial charge in [-0.15, -0.1) is 0 Å². The summed E-state index contributed by atoms with van der Waals surface area (Å²) in [5.41, 5.74) is 0.131. The molecule has 2 rings (SSSR count). The molecule has 3 heteroatoms. The van der Waals surface area contributed by atoms with Gasteiger partial charge < -0.3 is 14.8 Å². The summed E-state index contributed by atoms with van der Waals surface area (Å²) in [6.45, 7) is 5.68. The summed E-state index contributed by atoms with van der Waals surface area (Å²) >= 11 is 0. The molecular weight excluding hydrogens is 190 g/mol. The molecule has 2 aliphatic rings.